The molecule has 0 aliphatic rings. The van der Waals surface area contributed by atoms with Gasteiger partial charge in [0, 0.05) is 6.92 Å². The second-order valence-corrected chi connectivity index (χ2v) is 3.86. The van der Waals surface area contributed by atoms with E-state index >= 15 is 0 Å². The second kappa shape index (κ2) is 5.34. The molecule has 0 atom stereocenters. The van der Waals surface area contributed by atoms with E-state index in [2.05, 4.69) is 20.9 Å². The Labute approximate surface area is 99.9 Å². The van der Waals surface area contributed by atoms with Gasteiger partial charge in [0.15, 0.2) is 12.4 Å². The molecule has 3 nitrogen and oxygen atoms in total. The number of rotatable bonds is 5. The average Bonchev–Trinajstić information content (AvgIpc) is 2.25. The lowest BCUT2D eigenvalue weighted by Crippen LogP contribution is -2.21. The van der Waals surface area contributed by atoms with Crippen molar-refractivity contribution >= 4 is 21.7 Å². The number of Topliss-reactive ketones (excluding diaryl/α,β-unsaturated/α-hetero) is 1. The van der Waals surface area contributed by atoms with E-state index in [4.69, 9.17) is 4.74 Å². The van der Waals surface area contributed by atoms with Crippen LogP contribution in [0.2, 0.25) is 0 Å². The molecule has 0 aliphatic carbocycles. The Morgan fingerprint density at radius 3 is 2.69 bits per heavy atom. The van der Waals surface area contributed by atoms with Crippen molar-refractivity contribution in [1.29, 1.82) is 0 Å². The minimum Gasteiger partial charge on any atom is -0.486 e. The molecule has 0 radical (unpaired) electrons. The third-order valence-electron chi connectivity index (χ3n) is 1.64. The number of nitrogens with zero attached hydrogens (tertiary/aromatic N) is 1. The topological polar surface area (TPSA) is 39.2 Å². The standard InChI is InChI=1S/C10H10BrF2NO2/c1-10(12,13)6-16-7-2-3-8(14-5-7)9(15)4-11/h2-3,5H,4,6H2,1H3. The molecule has 0 aromatic carbocycles. The minimum absolute atomic E-state index is 0.174. The molecule has 1 heterocycles. The molecule has 1 aromatic heterocycles. The number of hydrogen-bond donors (Lipinski definition) is 0. The van der Waals surface area contributed by atoms with E-state index in [0.717, 1.165) is 6.92 Å². The first-order chi connectivity index (χ1) is 7.42. The molecule has 0 amide bonds. The van der Waals surface area contributed by atoms with Gasteiger partial charge in [-0.2, -0.15) is 0 Å². The van der Waals surface area contributed by atoms with Crippen molar-refractivity contribution in [3.8, 4) is 5.75 Å². The van der Waals surface area contributed by atoms with Gasteiger partial charge >= 0.3 is 0 Å². The maximum atomic E-state index is 12.5. The molecule has 0 spiro atoms. The van der Waals surface area contributed by atoms with Crippen LogP contribution in [0.25, 0.3) is 0 Å². The molecule has 1 aromatic rings. The van der Waals surface area contributed by atoms with Crippen LogP contribution in [0.4, 0.5) is 8.78 Å². The Bertz CT molecular complexity index is 362. The summed E-state index contributed by atoms with van der Waals surface area (Å²) >= 11 is 3.01. The zero-order valence-electron chi connectivity index (χ0n) is 8.54. The SMILES string of the molecule is CC(F)(F)COc1ccc(C(=O)CBr)nc1. The maximum absolute atomic E-state index is 12.5. The minimum atomic E-state index is -2.88. The van der Waals surface area contributed by atoms with Crippen LogP contribution < -0.4 is 4.74 Å². The lowest BCUT2D eigenvalue weighted by molar-refractivity contribution is -0.0230. The number of halogens is 3. The lowest BCUT2D eigenvalue weighted by atomic mass is 10.3. The number of hydrogen-bond acceptors (Lipinski definition) is 3. The number of ether oxygens (including phenoxy) is 1. The van der Waals surface area contributed by atoms with Gasteiger partial charge in [0.2, 0.25) is 0 Å². The number of aromatic nitrogens is 1. The number of carbonyl (C=O) groups excluding carboxylic acids is 1. The predicted octanol–water partition coefficient (Wildman–Crippen LogP) is 2.69. The molecule has 16 heavy (non-hydrogen) atoms. The lowest BCUT2D eigenvalue weighted by Gasteiger charge is -2.11. The van der Waals surface area contributed by atoms with Crippen molar-refractivity contribution in [3.05, 3.63) is 24.0 Å². The van der Waals surface area contributed by atoms with Gasteiger partial charge in [0.05, 0.1) is 11.5 Å². The highest BCUT2D eigenvalue weighted by molar-refractivity contribution is 9.09. The summed E-state index contributed by atoms with van der Waals surface area (Å²) in [6.07, 6.45) is 1.25. The molecule has 0 bridgehead atoms. The van der Waals surface area contributed by atoms with E-state index in [1.54, 1.807) is 0 Å². The van der Waals surface area contributed by atoms with Gasteiger partial charge in [0.1, 0.15) is 11.4 Å². The zero-order chi connectivity index (χ0) is 12.2. The van der Waals surface area contributed by atoms with Gasteiger partial charge < -0.3 is 4.74 Å². The first kappa shape index (κ1) is 13.0. The number of carbonyl (C=O) groups is 1. The molecule has 0 saturated heterocycles. The third kappa shape index (κ3) is 4.22. The molecule has 0 aliphatic heterocycles. The summed E-state index contributed by atoms with van der Waals surface area (Å²) in [5.74, 6) is -2.84. The number of pyridine rings is 1. The molecule has 0 unspecified atom stereocenters. The highest BCUT2D eigenvalue weighted by Gasteiger charge is 2.22. The van der Waals surface area contributed by atoms with Crippen molar-refractivity contribution in [3.63, 3.8) is 0 Å². The van der Waals surface area contributed by atoms with E-state index in [0.29, 0.717) is 0 Å². The Balaban J connectivity index is 2.62. The second-order valence-electron chi connectivity index (χ2n) is 3.29. The van der Waals surface area contributed by atoms with Crippen LogP contribution in [0.1, 0.15) is 17.4 Å². The molecular weight excluding hydrogens is 284 g/mol. The van der Waals surface area contributed by atoms with E-state index in [1.165, 1.54) is 18.3 Å². The normalized spacial score (nSPS) is 11.2. The van der Waals surface area contributed by atoms with Crippen LogP contribution in [0.15, 0.2) is 18.3 Å². The Kier molecular flexibility index (Phi) is 4.35. The van der Waals surface area contributed by atoms with Crippen molar-refractivity contribution in [2.45, 2.75) is 12.8 Å². The fourth-order valence-electron chi connectivity index (χ4n) is 0.909. The van der Waals surface area contributed by atoms with Crippen molar-refractivity contribution < 1.29 is 18.3 Å². The highest BCUT2D eigenvalue weighted by atomic mass is 79.9. The van der Waals surface area contributed by atoms with E-state index in [9.17, 15) is 13.6 Å². The van der Waals surface area contributed by atoms with E-state index in [1.807, 2.05) is 0 Å². The maximum Gasteiger partial charge on any atom is 0.278 e. The highest BCUT2D eigenvalue weighted by Crippen LogP contribution is 2.16. The van der Waals surface area contributed by atoms with Crippen LogP contribution in [0, 0.1) is 0 Å². The van der Waals surface area contributed by atoms with Gasteiger partial charge in [-0.1, -0.05) is 15.9 Å². The summed E-state index contributed by atoms with van der Waals surface area (Å²) in [6.45, 7) is 0.0591. The molecule has 6 heteroatoms. The Hall–Kier alpha value is -1.04. The Morgan fingerprint density at radius 2 is 2.25 bits per heavy atom. The van der Waals surface area contributed by atoms with Crippen LogP contribution in [-0.2, 0) is 0 Å². The van der Waals surface area contributed by atoms with Crippen LogP contribution in [0.5, 0.6) is 5.75 Å². The van der Waals surface area contributed by atoms with E-state index < -0.39 is 12.5 Å². The molecule has 88 valence electrons. The van der Waals surface area contributed by atoms with Gasteiger partial charge in [-0.25, -0.2) is 13.8 Å². The Morgan fingerprint density at radius 1 is 1.56 bits per heavy atom. The molecule has 0 N–H and O–H groups in total. The summed E-state index contributed by atoms with van der Waals surface area (Å²) in [5, 5.41) is 0.174. The van der Waals surface area contributed by atoms with Crippen LogP contribution in [0.3, 0.4) is 0 Å². The fraction of sp³-hybridized carbons (Fsp3) is 0.400. The zero-order valence-corrected chi connectivity index (χ0v) is 10.1. The monoisotopic (exact) mass is 293 g/mol. The average molecular weight is 294 g/mol. The number of alkyl halides is 3. The smallest absolute Gasteiger partial charge is 0.278 e. The summed E-state index contributed by atoms with van der Waals surface area (Å²) in [7, 11) is 0. The quantitative estimate of drug-likeness (QED) is 0.619. The van der Waals surface area contributed by atoms with Gasteiger partial charge in [-0.3, -0.25) is 4.79 Å². The first-order valence-electron chi connectivity index (χ1n) is 4.48. The molecular formula is C10H10BrF2NO2. The third-order valence-corrected chi connectivity index (χ3v) is 2.14. The summed E-state index contributed by atoms with van der Waals surface area (Å²) in [5.41, 5.74) is 0.271. The van der Waals surface area contributed by atoms with Gasteiger partial charge in [0.25, 0.3) is 5.92 Å². The summed E-state index contributed by atoms with van der Waals surface area (Å²) < 4.78 is 29.7. The fourth-order valence-corrected chi connectivity index (χ4v) is 1.20. The number of ketones is 1. The van der Waals surface area contributed by atoms with E-state index in [-0.39, 0.29) is 22.6 Å². The summed E-state index contributed by atoms with van der Waals surface area (Å²) in [4.78, 5) is 15.0. The summed E-state index contributed by atoms with van der Waals surface area (Å²) in [6, 6.07) is 2.88. The van der Waals surface area contributed by atoms with Gasteiger partial charge in [-0.05, 0) is 12.1 Å². The largest absolute Gasteiger partial charge is 0.486 e. The molecule has 1 rings (SSSR count). The molecule has 0 saturated carbocycles. The van der Waals surface area contributed by atoms with Crippen molar-refractivity contribution in [1.82, 2.24) is 4.98 Å². The van der Waals surface area contributed by atoms with Gasteiger partial charge in [-0.15, -0.1) is 0 Å². The first-order valence-corrected chi connectivity index (χ1v) is 5.60. The van der Waals surface area contributed by atoms with Crippen LogP contribution >= 0.6 is 15.9 Å². The molecule has 0 fully saturated rings. The predicted molar refractivity (Wildman–Crippen MR) is 58.5 cm³/mol. The van der Waals surface area contributed by atoms with Crippen molar-refractivity contribution in [2.75, 3.05) is 11.9 Å². The van der Waals surface area contributed by atoms with Crippen molar-refractivity contribution in [2.24, 2.45) is 0 Å². The van der Waals surface area contributed by atoms with Crippen LogP contribution in [-0.4, -0.2) is 28.6 Å².